The molecule has 0 aliphatic heterocycles. The van der Waals surface area contributed by atoms with Crippen LogP contribution in [0.15, 0.2) is 18.2 Å². The summed E-state index contributed by atoms with van der Waals surface area (Å²) in [7, 11) is 0. The summed E-state index contributed by atoms with van der Waals surface area (Å²) >= 11 is 0. The molecular formula is C24H3F15. The summed E-state index contributed by atoms with van der Waals surface area (Å²) in [5, 5.41) is 0. The Bertz CT molecular complexity index is 1490. The van der Waals surface area contributed by atoms with Gasteiger partial charge in [0.2, 0.25) is 0 Å². The van der Waals surface area contributed by atoms with E-state index < -0.39 is 139 Å². The fourth-order valence-corrected chi connectivity index (χ4v) is 3.64. The highest BCUT2D eigenvalue weighted by Crippen LogP contribution is 2.45. The molecule has 0 aliphatic rings. The van der Waals surface area contributed by atoms with Crippen LogP contribution in [0.2, 0.25) is 0 Å². The van der Waals surface area contributed by atoms with Gasteiger partial charge >= 0.3 is 0 Å². The maximum Gasteiger partial charge on any atom is 0.198 e. The molecule has 4 aromatic carbocycles. The molecule has 4 rings (SSSR count). The first-order chi connectivity index (χ1) is 18.1. The lowest BCUT2D eigenvalue weighted by atomic mass is 9.89. The highest BCUT2D eigenvalue weighted by atomic mass is 19.2. The lowest BCUT2D eigenvalue weighted by Crippen LogP contribution is -2.09. The molecular weight excluding hydrogens is 573 g/mol. The Kier molecular flexibility index (Phi) is 6.81. The van der Waals surface area contributed by atoms with Gasteiger partial charge in [0.25, 0.3) is 0 Å². The van der Waals surface area contributed by atoms with Gasteiger partial charge in [-0.25, -0.2) is 65.9 Å². The van der Waals surface area contributed by atoms with E-state index in [4.69, 9.17) is 0 Å². The van der Waals surface area contributed by atoms with Gasteiger partial charge in [0.1, 0.15) is 17.5 Å². The first-order valence-corrected chi connectivity index (χ1v) is 9.82. The molecule has 0 heterocycles. The van der Waals surface area contributed by atoms with Gasteiger partial charge in [0.15, 0.2) is 69.8 Å². The average molecular weight is 576 g/mol. The molecule has 0 N–H and O–H groups in total. The van der Waals surface area contributed by atoms with E-state index in [-0.39, 0.29) is 0 Å². The Morgan fingerprint density at radius 3 is 0.641 bits per heavy atom. The van der Waals surface area contributed by atoms with Crippen LogP contribution in [0.4, 0.5) is 65.9 Å². The molecule has 0 bridgehead atoms. The summed E-state index contributed by atoms with van der Waals surface area (Å²) in [5.41, 5.74) is -12.5. The van der Waals surface area contributed by atoms with Gasteiger partial charge in [-0.2, -0.15) is 0 Å². The standard InChI is InChI=1S/C24H3F15/c25-7-1-4(13(28)22(37)16(7)31)10-19(34)11(5-2-8(26)17(32)23(38)14(5)29)21(36)12(20(10)35)6-3-9(27)18(33)24(39)15(6)30/h1-3H. The molecule has 0 amide bonds. The summed E-state index contributed by atoms with van der Waals surface area (Å²) in [6.07, 6.45) is 0. The largest absolute Gasteiger partial charge is 0.205 e. The van der Waals surface area contributed by atoms with E-state index in [1.807, 2.05) is 0 Å². The van der Waals surface area contributed by atoms with Crippen molar-refractivity contribution in [1.82, 2.24) is 0 Å². The Morgan fingerprint density at radius 2 is 0.436 bits per heavy atom. The van der Waals surface area contributed by atoms with Crippen LogP contribution < -0.4 is 0 Å². The van der Waals surface area contributed by atoms with Crippen molar-refractivity contribution < 1.29 is 65.9 Å². The van der Waals surface area contributed by atoms with Crippen LogP contribution in [0.5, 0.6) is 0 Å². The van der Waals surface area contributed by atoms with Gasteiger partial charge in [0.05, 0.1) is 16.7 Å². The van der Waals surface area contributed by atoms with Crippen LogP contribution in [-0.4, -0.2) is 0 Å². The van der Waals surface area contributed by atoms with Crippen LogP contribution >= 0.6 is 0 Å². The molecule has 0 aromatic heterocycles. The summed E-state index contributed by atoms with van der Waals surface area (Å²) in [6, 6.07) is -1.28. The highest BCUT2D eigenvalue weighted by molar-refractivity contribution is 5.84. The highest BCUT2D eigenvalue weighted by Gasteiger charge is 2.35. The van der Waals surface area contributed by atoms with E-state index in [9.17, 15) is 52.7 Å². The van der Waals surface area contributed by atoms with Crippen molar-refractivity contribution in [3.05, 3.63) is 105 Å². The molecule has 0 spiro atoms. The molecule has 0 saturated carbocycles. The third-order valence-electron chi connectivity index (χ3n) is 5.43. The van der Waals surface area contributed by atoms with Gasteiger partial charge < -0.3 is 0 Å². The minimum atomic E-state index is -2.72. The van der Waals surface area contributed by atoms with E-state index in [1.54, 1.807) is 0 Å². The molecule has 0 fully saturated rings. The van der Waals surface area contributed by atoms with Gasteiger partial charge in [-0.3, -0.25) is 0 Å². The maximum atomic E-state index is 15.5. The molecule has 0 unspecified atom stereocenters. The lowest BCUT2D eigenvalue weighted by Gasteiger charge is -2.18. The third kappa shape index (κ3) is 4.06. The quantitative estimate of drug-likeness (QED) is 0.130. The molecule has 0 aliphatic carbocycles. The van der Waals surface area contributed by atoms with E-state index in [0.717, 1.165) is 0 Å². The van der Waals surface area contributed by atoms with Crippen LogP contribution in [0.1, 0.15) is 0 Å². The average Bonchev–Trinajstić information content (AvgIpc) is 2.88. The second-order valence-electron chi connectivity index (χ2n) is 7.61. The molecule has 0 atom stereocenters. The topological polar surface area (TPSA) is 0 Å². The van der Waals surface area contributed by atoms with Crippen molar-refractivity contribution in [3.8, 4) is 33.4 Å². The number of halogens is 15. The van der Waals surface area contributed by atoms with E-state index in [1.165, 1.54) is 0 Å². The monoisotopic (exact) mass is 576 g/mol. The molecule has 0 nitrogen and oxygen atoms in total. The molecule has 15 heteroatoms. The Labute approximate surface area is 205 Å². The van der Waals surface area contributed by atoms with Crippen molar-refractivity contribution in [3.63, 3.8) is 0 Å². The Hall–Kier alpha value is -4.17. The van der Waals surface area contributed by atoms with E-state index in [0.29, 0.717) is 0 Å². The third-order valence-corrected chi connectivity index (χ3v) is 5.43. The normalized spacial score (nSPS) is 11.5. The first-order valence-electron chi connectivity index (χ1n) is 9.82. The van der Waals surface area contributed by atoms with Crippen LogP contribution in [0.25, 0.3) is 33.4 Å². The summed E-state index contributed by atoms with van der Waals surface area (Å²) < 4.78 is 213. The minimum absolute atomic E-state index is 0.426. The molecule has 39 heavy (non-hydrogen) atoms. The zero-order valence-corrected chi connectivity index (χ0v) is 17.9. The Balaban J connectivity index is 2.30. The van der Waals surface area contributed by atoms with Crippen molar-refractivity contribution in [2.24, 2.45) is 0 Å². The van der Waals surface area contributed by atoms with Crippen molar-refractivity contribution in [1.29, 1.82) is 0 Å². The zero-order chi connectivity index (χ0) is 29.2. The summed E-state index contributed by atoms with van der Waals surface area (Å²) in [4.78, 5) is 0. The fourth-order valence-electron chi connectivity index (χ4n) is 3.64. The van der Waals surface area contributed by atoms with Crippen LogP contribution in [0, 0.1) is 87.3 Å². The van der Waals surface area contributed by atoms with Crippen molar-refractivity contribution >= 4 is 0 Å². The zero-order valence-electron chi connectivity index (χ0n) is 17.9. The minimum Gasteiger partial charge on any atom is -0.205 e. The second-order valence-corrected chi connectivity index (χ2v) is 7.61. The Morgan fingerprint density at radius 1 is 0.231 bits per heavy atom. The predicted octanol–water partition coefficient (Wildman–Crippen LogP) is 8.77. The van der Waals surface area contributed by atoms with Gasteiger partial charge in [-0.1, -0.05) is 0 Å². The number of rotatable bonds is 3. The predicted molar refractivity (Wildman–Crippen MR) is 102 cm³/mol. The maximum absolute atomic E-state index is 15.5. The van der Waals surface area contributed by atoms with E-state index >= 15 is 13.2 Å². The fraction of sp³-hybridized carbons (Fsp3) is 0. The number of hydrogen-bond acceptors (Lipinski definition) is 0. The molecule has 0 radical (unpaired) electrons. The first kappa shape index (κ1) is 27.9. The van der Waals surface area contributed by atoms with Crippen LogP contribution in [-0.2, 0) is 0 Å². The number of hydrogen-bond donors (Lipinski definition) is 0. The summed E-state index contributed by atoms with van der Waals surface area (Å²) in [6.45, 7) is 0. The SMILES string of the molecule is Fc1cc(-c2c(F)c(-c3cc(F)c(F)c(F)c3F)c(F)c(-c3cc(F)c(F)c(F)c3F)c2F)c(F)c(F)c1F. The van der Waals surface area contributed by atoms with Crippen molar-refractivity contribution in [2.45, 2.75) is 0 Å². The van der Waals surface area contributed by atoms with Gasteiger partial charge in [-0.05, 0) is 18.2 Å². The number of benzene rings is 4. The van der Waals surface area contributed by atoms with Crippen LogP contribution in [0.3, 0.4) is 0 Å². The lowest BCUT2D eigenvalue weighted by molar-refractivity contribution is 0.408. The smallest absolute Gasteiger partial charge is 0.198 e. The summed E-state index contributed by atoms with van der Waals surface area (Å²) in [5.74, 6) is -38.4. The molecule has 4 aromatic rings. The van der Waals surface area contributed by atoms with Gasteiger partial charge in [0, 0.05) is 16.7 Å². The molecule has 204 valence electrons. The molecule has 0 saturated heterocycles. The second kappa shape index (κ2) is 9.54. The van der Waals surface area contributed by atoms with Crippen molar-refractivity contribution in [2.75, 3.05) is 0 Å². The van der Waals surface area contributed by atoms with E-state index in [2.05, 4.69) is 0 Å². The van der Waals surface area contributed by atoms with Gasteiger partial charge in [-0.15, -0.1) is 0 Å².